The van der Waals surface area contributed by atoms with Gasteiger partial charge in [0.1, 0.15) is 5.75 Å². The molecule has 0 N–H and O–H groups in total. The molecule has 0 spiro atoms. The lowest BCUT2D eigenvalue weighted by Crippen LogP contribution is -2.32. The normalized spacial score (nSPS) is 25.9. The standard InChI is InChI=1S/C27H25ClN2O5/c1-15-5-3-8-21-24(15)26(33)30(25(21)32)22-10-9-20(11-16(22)2)35-27(34)17-12-23(31)29(14-17)19-7-4-6-18(28)13-19/h3-7,9-11,13,15,17,21,24H,8,12,14H2,1-2H3/t15-,17-,21-,24+/m1/s1. The van der Waals surface area contributed by atoms with Gasteiger partial charge in [0.15, 0.2) is 0 Å². The Bertz CT molecular complexity index is 1270. The lowest BCUT2D eigenvalue weighted by Gasteiger charge is -2.22. The molecule has 8 heteroatoms. The van der Waals surface area contributed by atoms with Gasteiger partial charge < -0.3 is 9.64 Å². The van der Waals surface area contributed by atoms with Gasteiger partial charge in [-0.1, -0.05) is 36.7 Å². The summed E-state index contributed by atoms with van der Waals surface area (Å²) in [6.07, 6.45) is 4.58. The van der Waals surface area contributed by atoms with E-state index in [-0.39, 0.29) is 48.4 Å². The summed E-state index contributed by atoms with van der Waals surface area (Å²) in [6, 6.07) is 11.8. The van der Waals surface area contributed by atoms with Crippen LogP contribution in [0, 0.1) is 30.6 Å². The summed E-state index contributed by atoms with van der Waals surface area (Å²) >= 11 is 6.03. The zero-order valence-corrected chi connectivity index (χ0v) is 20.2. The molecule has 2 heterocycles. The summed E-state index contributed by atoms with van der Waals surface area (Å²) in [5, 5.41) is 0.511. The number of amides is 3. The van der Waals surface area contributed by atoms with Crippen molar-refractivity contribution >= 4 is 46.7 Å². The van der Waals surface area contributed by atoms with E-state index in [1.165, 1.54) is 9.80 Å². The predicted molar refractivity (Wildman–Crippen MR) is 131 cm³/mol. The van der Waals surface area contributed by atoms with Crippen molar-refractivity contribution in [3.05, 3.63) is 65.2 Å². The molecule has 4 atom stereocenters. The lowest BCUT2D eigenvalue weighted by atomic mass is 9.78. The molecule has 1 aliphatic carbocycles. The molecular weight excluding hydrogens is 468 g/mol. The Hall–Kier alpha value is -3.45. The van der Waals surface area contributed by atoms with Gasteiger partial charge in [-0.05, 0) is 61.2 Å². The zero-order chi connectivity index (χ0) is 24.9. The van der Waals surface area contributed by atoms with Gasteiger partial charge in [0.25, 0.3) is 0 Å². The third-order valence-corrected chi connectivity index (χ3v) is 7.31. The Balaban J connectivity index is 1.29. The molecule has 3 amide bonds. The van der Waals surface area contributed by atoms with E-state index in [0.717, 1.165) is 0 Å². The van der Waals surface area contributed by atoms with Gasteiger partial charge in [0.2, 0.25) is 17.7 Å². The maximum atomic E-state index is 13.1. The number of aryl methyl sites for hydroxylation is 1. The maximum Gasteiger partial charge on any atom is 0.316 e. The molecule has 0 radical (unpaired) electrons. The summed E-state index contributed by atoms with van der Waals surface area (Å²) in [7, 11) is 0. The summed E-state index contributed by atoms with van der Waals surface area (Å²) in [5.41, 5.74) is 1.80. The van der Waals surface area contributed by atoms with Crippen LogP contribution in [-0.4, -0.2) is 30.2 Å². The SMILES string of the molecule is Cc1cc(OC(=O)[C@@H]2CC(=O)N(c3cccc(Cl)c3)C2)ccc1N1C(=O)[C@H]2[C@H](C)C=CC[C@H]2C1=O. The minimum Gasteiger partial charge on any atom is -0.426 e. The van der Waals surface area contributed by atoms with Crippen LogP contribution in [0.1, 0.15) is 25.3 Å². The van der Waals surface area contributed by atoms with Crippen molar-refractivity contribution in [1.82, 2.24) is 0 Å². The number of benzene rings is 2. The molecule has 3 aliphatic rings. The third-order valence-electron chi connectivity index (χ3n) is 7.08. The van der Waals surface area contributed by atoms with E-state index in [1.54, 1.807) is 49.4 Å². The molecule has 35 heavy (non-hydrogen) atoms. The van der Waals surface area contributed by atoms with E-state index in [2.05, 4.69) is 0 Å². The smallest absolute Gasteiger partial charge is 0.316 e. The van der Waals surface area contributed by atoms with Crippen LogP contribution in [0.25, 0.3) is 0 Å². The summed E-state index contributed by atoms with van der Waals surface area (Å²) in [4.78, 5) is 54.2. The molecular formula is C27H25ClN2O5. The second-order valence-electron chi connectivity index (χ2n) is 9.42. The molecule has 2 aliphatic heterocycles. The first kappa shape index (κ1) is 23.3. The first-order valence-corrected chi connectivity index (χ1v) is 12.0. The highest BCUT2D eigenvalue weighted by molar-refractivity contribution is 6.31. The van der Waals surface area contributed by atoms with Gasteiger partial charge in [0, 0.05) is 23.7 Å². The van der Waals surface area contributed by atoms with Gasteiger partial charge in [-0.3, -0.25) is 19.2 Å². The molecule has 0 saturated carbocycles. The molecule has 2 saturated heterocycles. The fourth-order valence-corrected chi connectivity index (χ4v) is 5.47. The molecule has 2 aromatic carbocycles. The number of halogens is 1. The molecule has 0 aromatic heterocycles. The fraction of sp³-hybridized carbons (Fsp3) is 0.333. The van der Waals surface area contributed by atoms with Crippen LogP contribution in [0.5, 0.6) is 5.75 Å². The van der Waals surface area contributed by atoms with Crippen molar-refractivity contribution in [3.8, 4) is 5.75 Å². The van der Waals surface area contributed by atoms with Crippen molar-refractivity contribution < 1.29 is 23.9 Å². The Labute approximate surface area is 208 Å². The number of carbonyl (C=O) groups excluding carboxylic acids is 4. The quantitative estimate of drug-likeness (QED) is 0.275. The highest BCUT2D eigenvalue weighted by atomic mass is 35.5. The minimum absolute atomic E-state index is 0.0105. The highest BCUT2D eigenvalue weighted by Crippen LogP contribution is 2.41. The fourth-order valence-electron chi connectivity index (χ4n) is 5.29. The molecule has 7 nitrogen and oxygen atoms in total. The van der Waals surface area contributed by atoms with Crippen LogP contribution in [0.3, 0.4) is 0 Å². The number of ether oxygens (including phenoxy) is 1. The summed E-state index contributed by atoms with van der Waals surface area (Å²) in [6.45, 7) is 3.94. The van der Waals surface area contributed by atoms with E-state index in [4.69, 9.17) is 16.3 Å². The van der Waals surface area contributed by atoms with Crippen molar-refractivity contribution in [2.45, 2.75) is 26.7 Å². The summed E-state index contributed by atoms with van der Waals surface area (Å²) < 4.78 is 5.58. The minimum atomic E-state index is -0.611. The van der Waals surface area contributed by atoms with E-state index in [1.807, 2.05) is 19.1 Å². The number of anilines is 2. The number of nitrogens with zero attached hydrogens (tertiary/aromatic N) is 2. The number of carbonyl (C=O) groups is 4. The maximum absolute atomic E-state index is 13.1. The van der Waals surface area contributed by atoms with E-state index in [0.29, 0.717) is 34.1 Å². The van der Waals surface area contributed by atoms with E-state index < -0.39 is 11.9 Å². The van der Waals surface area contributed by atoms with Crippen LogP contribution in [0.15, 0.2) is 54.6 Å². The summed E-state index contributed by atoms with van der Waals surface area (Å²) in [5.74, 6) is -2.02. The van der Waals surface area contributed by atoms with Gasteiger partial charge in [-0.15, -0.1) is 0 Å². The van der Waals surface area contributed by atoms with Crippen LogP contribution in [-0.2, 0) is 19.2 Å². The average molecular weight is 493 g/mol. The van der Waals surface area contributed by atoms with Crippen molar-refractivity contribution in [3.63, 3.8) is 0 Å². The number of imide groups is 1. The van der Waals surface area contributed by atoms with E-state index in [9.17, 15) is 19.2 Å². The lowest BCUT2D eigenvalue weighted by molar-refractivity contribution is -0.139. The van der Waals surface area contributed by atoms with Crippen molar-refractivity contribution in [2.75, 3.05) is 16.3 Å². The van der Waals surface area contributed by atoms with Gasteiger partial charge >= 0.3 is 5.97 Å². The molecule has 0 unspecified atom stereocenters. The van der Waals surface area contributed by atoms with Crippen LogP contribution in [0.4, 0.5) is 11.4 Å². The Morgan fingerprint density at radius 3 is 2.60 bits per heavy atom. The van der Waals surface area contributed by atoms with Crippen LogP contribution in [0.2, 0.25) is 5.02 Å². The Kier molecular flexibility index (Phi) is 5.97. The predicted octanol–water partition coefficient (Wildman–Crippen LogP) is 4.31. The number of allylic oxidation sites excluding steroid dienone is 2. The third kappa shape index (κ3) is 4.14. The largest absolute Gasteiger partial charge is 0.426 e. The first-order chi connectivity index (χ1) is 16.7. The van der Waals surface area contributed by atoms with Crippen LogP contribution >= 0.6 is 11.6 Å². The Morgan fingerprint density at radius 2 is 1.89 bits per heavy atom. The first-order valence-electron chi connectivity index (χ1n) is 11.7. The monoisotopic (exact) mass is 492 g/mol. The van der Waals surface area contributed by atoms with Gasteiger partial charge in [-0.2, -0.15) is 0 Å². The molecule has 2 aromatic rings. The van der Waals surface area contributed by atoms with Gasteiger partial charge in [-0.25, -0.2) is 4.90 Å². The second-order valence-corrected chi connectivity index (χ2v) is 9.86. The molecule has 5 rings (SSSR count). The van der Waals surface area contributed by atoms with Crippen molar-refractivity contribution in [2.24, 2.45) is 23.7 Å². The topological polar surface area (TPSA) is 84.0 Å². The molecule has 0 bridgehead atoms. The zero-order valence-electron chi connectivity index (χ0n) is 19.4. The Morgan fingerprint density at radius 1 is 1.09 bits per heavy atom. The number of esters is 1. The molecule has 2 fully saturated rings. The average Bonchev–Trinajstić information content (AvgIpc) is 3.33. The highest BCUT2D eigenvalue weighted by Gasteiger charge is 2.50. The number of hydrogen-bond acceptors (Lipinski definition) is 5. The van der Waals surface area contributed by atoms with E-state index >= 15 is 0 Å². The van der Waals surface area contributed by atoms with Crippen LogP contribution < -0.4 is 14.5 Å². The van der Waals surface area contributed by atoms with Crippen molar-refractivity contribution in [1.29, 1.82) is 0 Å². The number of rotatable bonds is 4. The second kappa shape index (κ2) is 8.96. The number of fused-ring (bicyclic) bond motifs is 1. The van der Waals surface area contributed by atoms with Gasteiger partial charge in [0.05, 0.1) is 23.4 Å². The number of hydrogen-bond donors (Lipinski definition) is 0. The molecule has 180 valence electrons.